The summed E-state index contributed by atoms with van der Waals surface area (Å²) in [6.07, 6.45) is 11.0. The molecule has 2 aromatic heterocycles. The van der Waals surface area contributed by atoms with Crippen molar-refractivity contribution in [1.29, 1.82) is 5.26 Å². The molecule has 2 aliphatic carbocycles. The van der Waals surface area contributed by atoms with Gasteiger partial charge in [0.25, 0.3) is 0 Å². The fourth-order valence-electron chi connectivity index (χ4n) is 3.69. The normalized spacial score (nSPS) is 17.1. The van der Waals surface area contributed by atoms with Crippen LogP contribution in [0.25, 0.3) is 11.3 Å². The summed E-state index contributed by atoms with van der Waals surface area (Å²) in [7, 11) is 0. The Balaban J connectivity index is 1.29. The van der Waals surface area contributed by atoms with Gasteiger partial charge in [0.15, 0.2) is 0 Å². The maximum atomic E-state index is 9.35. The first kappa shape index (κ1) is 18.6. The van der Waals surface area contributed by atoms with E-state index in [2.05, 4.69) is 21.5 Å². The van der Waals surface area contributed by atoms with Crippen molar-refractivity contribution < 1.29 is 4.74 Å². The second-order valence-electron chi connectivity index (χ2n) is 8.35. The van der Waals surface area contributed by atoms with Crippen LogP contribution >= 0.6 is 0 Å². The van der Waals surface area contributed by atoms with Crippen molar-refractivity contribution in [2.24, 2.45) is 5.41 Å². The molecule has 0 saturated heterocycles. The van der Waals surface area contributed by atoms with Gasteiger partial charge in [-0.05, 0) is 62.4 Å². The molecule has 30 heavy (non-hydrogen) atoms. The average molecular weight is 400 g/mol. The molecular formula is C23H24N6O. The average Bonchev–Trinajstić information content (AvgIpc) is 3.49. The maximum Gasteiger partial charge on any atom is 0.227 e. The van der Waals surface area contributed by atoms with E-state index in [0.29, 0.717) is 18.6 Å². The van der Waals surface area contributed by atoms with Crippen LogP contribution in [0.1, 0.15) is 43.7 Å². The highest BCUT2D eigenvalue weighted by atomic mass is 16.5. The highest BCUT2D eigenvalue weighted by Gasteiger charge is 2.38. The van der Waals surface area contributed by atoms with E-state index in [9.17, 15) is 5.26 Å². The summed E-state index contributed by atoms with van der Waals surface area (Å²) in [5.41, 5.74) is 3.47. The molecule has 3 aromatic rings. The fraction of sp³-hybridized carbons (Fsp3) is 0.391. The Hall–Kier alpha value is -3.40. The van der Waals surface area contributed by atoms with Crippen molar-refractivity contribution in [3.05, 3.63) is 48.4 Å². The number of nitrogens with one attached hydrogen (secondary N) is 1. The highest BCUT2D eigenvalue weighted by Crippen LogP contribution is 2.40. The second-order valence-corrected chi connectivity index (χ2v) is 8.35. The Bertz CT molecular complexity index is 1090. The number of anilines is 2. The minimum Gasteiger partial charge on any atom is -0.492 e. The Morgan fingerprint density at radius 3 is 2.70 bits per heavy atom. The van der Waals surface area contributed by atoms with Crippen LogP contribution in [0.4, 0.5) is 11.6 Å². The van der Waals surface area contributed by atoms with Gasteiger partial charge in [0.1, 0.15) is 12.4 Å². The largest absolute Gasteiger partial charge is 0.492 e. The van der Waals surface area contributed by atoms with Gasteiger partial charge in [-0.15, -0.1) is 0 Å². The van der Waals surface area contributed by atoms with Gasteiger partial charge >= 0.3 is 0 Å². The third-order valence-corrected chi connectivity index (χ3v) is 5.94. The summed E-state index contributed by atoms with van der Waals surface area (Å²) in [5.74, 6) is 1.32. The first-order valence-corrected chi connectivity index (χ1v) is 10.4. The van der Waals surface area contributed by atoms with E-state index in [-0.39, 0.29) is 5.41 Å². The van der Waals surface area contributed by atoms with Crippen LogP contribution in [0.5, 0.6) is 5.75 Å². The number of aryl methyl sites for hydroxylation is 1. The summed E-state index contributed by atoms with van der Waals surface area (Å²) < 4.78 is 7.87. The zero-order valence-corrected chi connectivity index (χ0v) is 17.0. The summed E-state index contributed by atoms with van der Waals surface area (Å²) in [4.78, 5) is 9.13. The van der Waals surface area contributed by atoms with Gasteiger partial charge in [0, 0.05) is 18.0 Å². The third kappa shape index (κ3) is 3.73. The zero-order chi connectivity index (χ0) is 20.6. The lowest BCUT2D eigenvalue weighted by Gasteiger charge is -2.34. The molecular weight excluding hydrogens is 376 g/mol. The van der Waals surface area contributed by atoms with Crippen molar-refractivity contribution in [3.8, 4) is 23.1 Å². The van der Waals surface area contributed by atoms with Crippen LogP contribution in [-0.2, 0) is 0 Å². The zero-order valence-electron chi connectivity index (χ0n) is 17.0. The van der Waals surface area contributed by atoms with Crippen molar-refractivity contribution in [2.75, 3.05) is 11.9 Å². The number of hydrogen-bond acceptors (Lipinski definition) is 6. The number of nitrogens with zero attached hydrogens (tertiary/aromatic N) is 5. The van der Waals surface area contributed by atoms with E-state index in [0.717, 1.165) is 47.5 Å². The van der Waals surface area contributed by atoms with E-state index >= 15 is 0 Å². The number of aromatic nitrogens is 4. The lowest BCUT2D eigenvalue weighted by molar-refractivity contribution is 0.115. The number of rotatable bonds is 7. The van der Waals surface area contributed by atoms with Crippen molar-refractivity contribution in [2.45, 2.75) is 45.1 Å². The number of nitriles is 1. The molecule has 0 spiro atoms. The molecule has 0 bridgehead atoms. The van der Waals surface area contributed by atoms with Gasteiger partial charge < -0.3 is 10.1 Å². The van der Waals surface area contributed by atoms with E-state index in [4.69, 9.17) is 9.72 Å². The fourth-order valence-corrected chi connectivity index (χ4v) is 3.69. The molecule has 152 valence electrons. The quantitative estimate of drug-likeness (QED) is 0.613. The molecule has 1 N–H and O–H groups in total. The topological polar surface area (TPSA) is 88.7 Å². The van der Waals surface area contributed by atoms with E-state index in [1.54, 1.807) is 0 Å². The first-order valence-electron chi connectivity index (χ1n) is 10.4. The third-order valence-electron chi connectivity index (χ3n) is 5.94. The first-order chi connectivity index (χ1) is 14.6. The maximum absolute atomic E-state index is 9.35. The van der Waals surface area contributed by atoms with E-state index in [1.807, 2.05) is 54.5 Å². The molecule has 2 heterocycles. The van der Waals surface area contributed by atoms with Gasteiger partial charge in [-0.3, -0.25) is 4.68 Å². The number of hydrogen-bond donors (Lipinski definition) is 1. The predicted octanol–water partition coefficient (Wildman–Crippen LogP) is 4.80. The van der Waals surface area contributed by atoms with Gasteiger partial charge in [0.05, 0.1) is 35.1 Å². The van der Waals surface area contributed by atoms with E-state index in [1.165, 1.54) is 12.8 Å². The SMILES string of the molecule is Cc1cnc(Nc2cnn(C3CC3)c2)nc1-c1ccc(OCC2(C#N)CCC2)cc1. The Morgan fingerprint density at radius 1 is 1.23 bits per heavy atom. The molecule has 5 rings (SSSR count). The minimum atomic E-state index is -0.296. The summed E-state index contributed by atoms with van der Waals surface area (Å²) in [6, 6.07) is 10.8. The highest BCUT2D eigenvalue weighted by molar-refractivity contribution is 5.65. The molecule has 0 atom stereocenters. The molecule has 7 nitrogen and oxygen atoms in total. The molecule has 2 aliphatic rings. The van der Waals surface area contributed by atoms with Gasteiger partial charge in [-0.25, -0.2) is 9.97 Å². The molecule has 0 unspecified atom stereocenters. The molecule has 7 heteroatoms. The predicted molar refractivity (Wildman–Crippen MR) is 113 cm³/mol. The number of benzene rings is 1. The molecule has 1 aromatic carbocycles. The minimum absolute atomic E-state index is 0.296. The lowest BCUT2D eigenvalue weighted by atomic mass is 9.71. The molecule has 0 amide bonds. The standard InChI is InChI=1S/C23H24N6O/c1-16-11-25-22(27-18-12-26-29(13-18)19-5-6-19)28-21(16)17-3-7-20(8-4-17)30-15-23(14-24)9-2-10-23/h3-4,7-8,11-13,19H,2,5-6,9-10,15H2,1H3,(H,25,27,28). The van der Waals surface area contributed by atoms with Crippen molar-refractivity contribution >= 4 is 11.6 Å². The van der Waals surface area contributed by atoms with Gasteiger partial charge in [-0.1, -0.05) is 6.42 Å². The lowest BCUT2D eigenvalue weighted by Crippen LogP contribution is -2.34. The van der Waals surface area contributed by atoms with Crippen LogP contribution < -0.4 is 10.1 Å². The van der Waals surface area contributed by atoms with Crippen LogP contribution in [0.3, 0.4) is 0 Å². The molecule has 2 fully saturated rings. The summed E-state index contributed by atoms with van der Waals surface area (Å²) >= 11 is 0. The monoisotopic (exact) mass is 400 g/mol. The molecule has 0 aliphatic heterocycles. The van der Waals surface area contributed by atoms with Gasteiger partial charge in [-0.2, -0.15) is 10.4 Å². The van der Waals surface area contributed by atoms with Crippen LogP contribution in [0.2, 0.25) is 0 Å². The summed E-state index contributed by atoms with van der Waals surface area (Å²) in [6.45, 7) is 2.46. The van der Waals surface area contributed by atoms with Crippen LogP contribution in [-0.4, -0.2) is 26.4 Å². The number of ether oxygens (including phenoxy) is 1. The molecule has 0 radical (unpaired) electrons. The molecule has 2 saturated carbocycles. The summed E-state index contributed by atoms with van der Waals surface area (Å²) in [5, 5.41) is 17.0. The smallest absolute Gasteiger partial charge is 0.227 e. The Labute approximate surface area is 175 Å². The second kappa shape index (κ2) is 7.45. The Kier molecular flexibility index (Phi) is 4.62. The van der Waals surface area contributed by atoms with Crippen molar-refractivity contribution in [1.82, 2.24) is 19.7 Å². The Morgan fingerprint density at radius 2 is 2.03 bits per heavy atom. The van der Waals surface area contributed by atoms with Crippen molar-refractivity contribution in [3.63, 3.8) is 0 Å². The van der Waals surface area contributed by atoms with Crippen LogP contribution in [0, 0.1) is 23.7 Å². The van der Waals surface area contributed by atoms with Gasteiger partial charge in [0.2, 0.25) is 5.95 Å². The van der Waals surface area contributed by atoms with Crippen LogP contribution in [0.15, 0.2) is 42.9 Å². The van der Waals surface area contributed by atoms with E-state index < -0.39 is 0 Å².